The summed E-state index contributed by atoms with van der Waals surface area (Å²) in [5.41, 5.74) is 2.58. The molecule has 25 heavy (non-hydrogen) atoms. The van der Waals surface area contributed by atoms with E-state index in [1.165, 1.54) is 0 Å². The van der Waals surface area contributed by atoms with Gasteiger partial charge in [0.25, 0.3) is 0 Å². The van der Waals surface area contributed by atoms with Crippen molar-refractivity contribution in [3.05, 3.63) is 102 Å². The Bertz CT molecular complexity index is 991. The molecule has 0 heterocycles. The number of benzene rings is 3. The Hall–Kier alpha value is -2.13. The van der Waals surface area contributed by atoms with Gasteiger partial charge in [-0.1, -0.05) is 0 Å². The summed E-state index contributed by atoms with van der Waals surface area (Å²) in [6, 6.07) is 25.8. The van der Waals surface area contributed by atoms with Crippen LogP contribution in [0.1, 0.15) is 16.7 Å². The zero-order chi connectivity index (χ0) is 17.9. The molecule has 0 atom stereocenters. The summed E-state index contributed by atoms with van der Waals surface area (Å²) in [5, 5.41) is 0. The molecule has 0 fully saturated rings. The molecule has 0 amide bonds. The molecule has 126 valence electrons. The van der Waals surface area contributed by atoms with Crippen molar-refractivity contribution < 1.29 is 8.42 Å². The van der Waals surface area contributed by atoms with E-state index in [0.29, 0.717) is 19.8 Å². The van der Waals surface area contributed by atoms with Gasteiger partial charge in [-0.15, -0.1) is 0 Å². The van der Waals surface area contributed by atoms with E-state index < -0.39 is 9.84 Å². The molecule has 0 bridgehead atoms. The number of rotatable bonds is 4. The molecule has 4 heteroatoms. The molecule has 0 saturated carbocycles. The van der Waals surface area contributed by atoms with Crippen molar-refractivity contribution in [2.24, 2.45) is 0 Å². The van der Waals surface area contributed by atoms with Gasteiger partial charge in [0, 0.05) is 0 Å². The molecule has 0 aliphatic heterocycles. The Morgan fingerprint density at radius 1 is 0.720 bits per heavy atom. The van der Waals surface area contributed by atoms with E-state index in [1.807, 2.05) is 79.7 Å². The first-order chi connectivity index (χ1) is 12.0. The fourth-order valence-corrected chi connectivity index (χ4v) is 5.46. The second-order valence-electron chi connectivity index (χ2n) is 5.73. The van der Waals surface area contributed by atoms with Gasteiger partial charge in [-0.3, -0.25) is 0 Å². The van der Waals surface area contributed by atoms with Crippen LogP contribution in [-0.4, -0.2) is 24.4 Å². The van der Waals surface area contributed by atoms with Crippen molar-refractivity contribution in [1.29, 1.82) is 0 Å². The quantitative estimate of drug-likeness (QED) is 0.475. The van der Waals surface area contributed by atoms with E-state index in [9.17, 15) is 8.42 Å². The molecule has 0 radical (unpaired) electrons. The number of aryl methyl sites for hydroxylation is 1. The van der Waals surface area contributed by atoms with Crippen LogP contribution in [0.15, 0.2) is 89.8 Å². The van der Waals surface area contributed by atoms with Crippen molar-refractivity contribution in [3.63, 3.8) is 0 Å². The van der Waals surface area contributed by atoms with Gasteiger partial charge in [0.15, 0.2) is 0 Å². The fraction of sp³-hybridized carbons (Fsp3) is 0.0476. The molecule has 0 aliphatic rings. The third-order valence-electron chi connectivity index (χ3n) is 3.90. The summed E-state index contributed by atoms with van der Waals surface area (Å²) in [6.07, 6.45) is 0. The average molecular weight is 413 g/mol. The minimum absolute atomic E-state index is 0.302. The van der Waals surface area contributed by atoms with Gasteiger partial charge in [0.1, 0.15) is 0 Å². The third-order valence-corrected chi connectivity index (χ3v) is 7.11. The summed E-state index contributed by atoms with van der Waals surface area (Å²) < 4.78 is 27.5. The number of hydrogen-bond donors (Lipinski definition) is 0. The predicted molar refractivity (Wildman–Crippen MR) is 105 cm³/mol. The summed E-state index contributed by atoms with van der Waals surface area (Å²) in [5.74, 6) is 0. The van der Waals surface area contributed by atoms with E-state index in [0.717, 1.165) is 11.1 Å². The Labute approximate surface area is 157 Å². The van der Waals surface area contributed by atoms with Crippen LogP contribution in [0.3, 0.4) is 0 Å². The molecule has 0 aromatic heterocycles. The van der Waals surface area contributed by atoms with Crippen molar-refractivity contribution in [3.8, 4) is 0 Å². The zero-order valence-electron chi connectivity index (χ0n) is 13.8. The predicted octanol–water partition coefficient (Wildman–Crippen LogP) is 4.20. The molecule has 3 aromatic carbocycles. The zero-order valence-corrected chi connectivity index (χ0v) is 16.4. The van der Waals surface area contributed by atoms with Gasteiger partial charge >= 0.3 is 157 Å². The molecule has 2 nitrogen and oxygen atoms in total. The van der Waals surface area contributed by atoms with Crippen LogP contribution in [0.4, 0.5) is 0 Å². The Morgan fingerprint density at radius 3 is 1.72 bits per heavy atom. The van der Waals surface area contributed by atoms with E-state index in [4.69, 9.17) is 0 Å². The molecule has 3 rings (SSSR count). The topological polar surface area (TPSA) is 34.1 Å². The van der Waals surface area contributed by atoms with Crippen LogP contribution in [0, 0.1) is 6.92 Å². The van der Waals surface area contributed by atoms with E-state index in [-0.39, 0.29) is 0 Å². The van der Waals surface area contributed by atoms with Gasteiger partial charge in [-0.25, -0.2) is 0 Å². The molecule has 0 N–H and O–H groups in total. The van der Waals surface area contributed by atoms with Crippen LogP contribution in [-0.2, 0) is 9.84 Å². The van der Waals surface area contributed by atoms with E-state index in [2.05, 4.69) is 16.0 Å². The Morgan fingerprint density at radius 2 is 1.20 bits per heavy atom. The first-order valence-electron chi connectivity index (χ1n) is 7.86. The van der Waals surface area contributed by atoms with Crippen LogP contribution in [0.2, 0.25) is 0 Å². The van der Waals surface area contributed by atoms with Crippen molar-refractivity contribution in [2.45, 2.75) is 11.8 Å². The molecule has 0 unspecified atom stereocenters. The van der Waals surface area contributed by atoms with Crippen molar-refractivity contribution in [1.82, 2.24) is 0 Å². The summed E-state index contributed by atoms with van der Waals surface area (Å²) in [6.45, 7) is 1.94. The molecule has 3 aromatic rings. The van der Waals surface area contributed by atoms with Crippen LogP contribution < -0.4 is 0 Å². The first-order valence-corrected chi connectivity index (χ1v) is 10.3. The van der Waals surface area contributed by atoms with Crippen LogP contribution in [0.25, 0.3) is 9.38 Å². The maximum atomic E-state index is 13.4. The molecule has 0 saturated heterocycles. The van der Waals surface area contributed by atoms with Crippen molar-refractivity contribution >= 4 is 35.2 Å². The van der Waals surface area contributed by atoms with Gasteiger partial charge < -0.3 is 0 Å². The molecule has 0 aliphatic carbocycles. The normalized spacial score (nSPS) is 12.6. The monoisotopic (exact) mass is 414 g/mol. The molecular formula is C21H18O2SSe. The van der Waals surface area contributed by atoms with Gasteiger partial charge in [-0.05, 0) is 0 Å². The summed E-state index contributed by atoms with van der Waals surface area (Å²) in [7, 11) is -3.65. The molecular weight excluding hydrogens is 395 g/mol. The van der Waals surface area contributed by atoms with Crippen LogP contribution in [0.5, 0.6) is 0 Å². The Kier molecular flexibility index (Phi) is 5.24. The fourth-order valence-electron chi connectivity index (χ4n) is 2.57. The summed E-state index contributed by atoms with van der Waals surface area (Å²) in [4.78, 5) is 0.625. The first kappa shape index (κ1) is 17.7. The second kappa shape index (κ2) is 7.40. The maximum absolute atomic E-state index is 13.4. The molecule has 0 spiro atoms. The Balaban J connectivity index is 2.27. The van der Waals surface area contributed by atoms with Gasteiger partial charge in [0.2, 0.25) is 0 Å². The van der Waals surface area contributed by atoms with E-state index >= 15 is 0 Å². The van der Waals surface area contributed by atoms with E-state index in [1.54, 1.807) is 12.1 Å². The SMILES string of the molecule is Cc1ccc(S(=O)(=O)/C(=C(\[SeH])c2ccccc2)c2ccccc2)cc1. The standard InChI is InChI=1S/C21H18O2SSe/c1-16-12-14-19(15-13-16)24(22,23)20(17-8-4-2-5-9-17)21(25)18-10-6-3-7-11-18/h2-15,25H,1H3/b21-20-. The third kappa shape index (κ3) is 3.77. The van der Waals surface area contributed by atoms with Crippen molar-refractivity contribution in [2.75, 3.05) is 0 Å². The minimum atomic E-state index is -3.65. The summed E-state index contributed by atoms with van der Waals surface area (Å²) >= 11 is 2.42. The number of sulfone groups is 1. The second-order valence-corrected chi connectivity index (χ2v) is 8.55. The van der Waals surface area contributed by atoms with Gasteiger partial charge in [0.05, 0.1) is 0 Å². The van der Waals surface area contributed by atoms with Gasteiger partial charge in [-0.2, -0.15) is 0 Å². The van der Waals surface area contributed by atoms with Crippen LogP contribution >= 0.6 is 0 Å². The average Bonchev–Trinajstić information content (AvgIpc) is 2.63. The number of hydrogen-bond acceptors (Lipinski definition) is 2.